The van der Waals surface area contributed by atoms with Crippen molar-refractivity contribution < 1.29 is 14.6 Å². The van der Waals surface area contributed by atoms with Crippen molar-refractivity contribution in [1.82, 2.24) is 5.32 Å². The average Bonchev–Trinajstić information content (AvgIpc) is 2.49. The van der Waals surface area contributed by atoms with Crippen LogP contribution in [0.5, 0.6) is 11.5 Å². The summed E-state index contributed by atoms with van der Waals surface area (Å²) in [6.07, 6.45) is 4.95. The van der Waals surface area contributed by atoms with Gasteiger partial charge in [-0.2, -0.15) is 0 Å². The van der Waals surface area contributed by atoms with Gasteiger partial charge in [-0.15, -0.1) is 0 Å². The Morgan fingerprint density at radius 2 is 1.95 bits per heavy atom. The Morgan fingerprint density at radius 1 is 1.24 bits per heavy atom. The lowest BCUT2D eigenvalue weighted by Crippen LogP contribution is -2.49. The molecule has 1 atom stereocenters. The van der Waals surface area contributed by atoms with Crippen LogP contribution in [-0.4, -0.2) is 37.5 Å². The quantitative estimate of drug-likeness (QED) is 0.773. The Labute approximate surface area is 127 Å². The standard InChI is InChI=1S/C17H27NO3/c1-4-14(18-12-17(19)8-5-9-17)10-13-6-7-15(20-2)16(11-13)21-3/h6-7,11,14,18-19H,4-5,8-10,12H2,1-3H3. The molecule has 1 unspecified atom stereocenters. The van der Waals surface area contributed by atoms with Gasteiger partial charge in [-0.3, -0.25) is 0 Å². The highest BCUT2D eigenvalue weighted by atomic mass is 16.5. The summed E-state index contributed by atoms with van der Waals surface area (Å²) >= 11 is 0. The second-order valence-corrected chi connectivity index (χ2v) is 5.96. The largest absolute Gasteiger partial charge is 0.493 e. The number of hydrogen-bond acceptors (Lipinski definition) is 4. The van der Waals surface area contributed by atoms with E-state index >= 15 is 0 Å². The van der Waals surface area contributed by atoms with Crippen molar-refractivity contribution in [2.75, 3.05) is 20.8 Å². The van der Waals surface area contributed by atoms with Gasteiger partial charge in [-0.05, 0) is 49.8 Å². The first kappa shape index (κ1) is 16.1. The molecule has 0 aliphatic heterocycles. The van der Waals surface area contributed by atoms with Crippen molar-refractivity contribution in [2.45, 2.75) is 50.7 Å². The minimum absolute atomic E-state index is 0.368. The fourth-order valence-corrected chi connectivity index (χ4v) is 2.75. The molecule has 118 valence electrons. The predicted octanol–water partition coefficient (Wildman–Crippen LogP) is 2.53. The van der Waals surface area contributed by atoms with E-state index in [1.165, 1.54) is 5.56 Å². The summed E-state index contributed by atoms with van der Waals surface area (Å²) in [6.45, 7) is 2.86. The molecule has 1 aromatic rings. The normalized spacial score (nSPS) is 17.9. The third-order valence-electron chi connectivity index (χ3n) is 4.43. The number of rotatable bonds is 8. The summed E-state index contributed by atoms with van der Waals surface area (Å²) < 4.78 is 10.6. The fourth-order valence-electron chi connectivity index (χ4n) is 2.75. The molecule has 4 heteroatoms. The fraction of sp³-hybridized carbons (Fsp3) is 0.647. The monoisotopic (exact) mass is 293 g/mol. The Balaban J connectivity index is 1.94. The SMILES string of the molecule is CCC(Cc1ccc(OC)c(OC)c1)NCC1(O)CCC1. The zero-order valence-corrected chi connectivity index (χ0v) is 13.3. The smallest absolute Gasteiger partial charge is 0.160 e. The van der Waals surface area contributed by atoms with Crippen LogP contribution in [0.15, 0.2) is 18.2 Å². The van der Waals surface area contributed by atoms with E-state index in [9.17, 15) is 5.11 Å². The minimum atomic E-state index is -0.467. The van der Waals surface area contributed by atoms with Crippen LogP contribution in [0, 0.1) is 0 Å². The zero-order chi connectivity index (χ0) is 15.3. The number of nitrogens with one attached hydrogen (secondary N) is 1. The van der Waals surface area contributed by atoms with Gasteiger partial charge in [0, 0.05) is 12.6 Å². The molecule has 1 aliphatic carbocycles. The molecule has 1 aliphatic rings. The molecule has 1 fully saturated rings. The van der Waals surface area contributed by atoms with Crippen molar-refractivity contribution in [3.05, 3.63) is 23.8 Å². The van der Waals surface area contributed by atoms with Gasteiger partial charge in [-0.25, -0.2) is 0 Å². The van der Waals surface area contributed by atoms with E-state index in [2.05, 4.69) is 18.3 Å². The molecule has 2 N–H and O–H groups in total. The van der Waals surface area contributed by atoms with E-state index in [4.69, 9.17) is 9.47 Å². The molecule has 0 bridgehead atoms. The third-order valence-corrected chi connectivity index (χ3v) is 4.43. The number of ether oxygens (including phenoxy) is 2. The maximum atomic E-state index is 10.2. The Hall–Kier alpha value is -1.26. The molecule has 1 saturated carbocycles. The molecular weight excluding hydrogens is 266 g/mol. The highest BCUT2D eigenvalue weighted by Gasteiger charge is 2.34. The van der Waals surface area contributed by atoms with E-state index in [0.29, 0.717) is 12.6 Å². The van der Waals surface area contributed by atoms with Crippen molar-refractivity contribution in [1.29, 1.82) is 0 Å². The molecule has 21 heavy (non-hydrogen) atoms. The topological polar surface area (TPSA) is 50.7 Å². The summed E-state index contributed by atoms with van der Waals surface area (Å²) in [5.74, 6) is 1.52. The van der Waals surface area contributed by atoms with Gasteiger partial charge in [0.25, 0.3) is 0 Å². The first-order valence-electron chi connectivity index (χ1n) is 7.77. The molecule has 2 rings (SSSR count). The highest BCUT2D eigenvalue weighted by Crippen LogP contribution is 2.31. The van der Waals surface area contributed by atoms with E-state index < -0.39 is 5.60 Å². The van der Waals surface area contributed by atoms with Gasteiger partial charge in [0.15, 0.2) is 11.5 Å². The third kappa shape index (κ3) is 4.11. The van der Waals surface area contributed by atoms with Crippen molar-refractivity contribution in [3.63, 3.8) is 0 Å². The minimum Gasteiger partial charge on any atom is -0.493 e. The van der Waals surface area contributed by atoms with Crippen LogP contribution in [0.2, 0.25) is 0 Å². The van der Waals surface area contributed by atoms with Crippen LogP contribution in [0.25, 0.3) is 0 Å². The van der Waals surface area contributed by atoms with E-state index in [-0.39, 0.29) is 0 Å². The highest BCUT2D eigenvalue weighted by molar-refractivity contribution is 5.43. The lowest BCUT2D eigenvalue weighted by molar-refractivity contribution is -0.0332. The van der Waals surface area contributed by atoms with Gasteiger partial charge >= 0.3 is 0 Å². The van der Waals surface area contributed by atoms with E-state index in [0.717, 1.165) is 43.6 Å². The first-order valence-corrected chi connectivity index (χ1v) is 7.77. The average molecular weight is 293 g/mol. The molecule has 0 aromatic heterocycles. The molecule has 0 radical (unpaired) electrons. The predicted molar refractivity (Wildman–Crippen MR) is 84.1 cm³/mol. The van der Waals surface area contributed by atoms with Gasteiger partial charge in [0.2, 0.25) is 0 Å². The van der Waals surface area contributed by atoms with Crippen LogP contribution >= 0.6 is 0 Å². The van der Waals surface area contributed by atoms with Crippen molar-refractivity contribution in [3.8, 4) is 11.5 Å². The maximum Gasteiger partial charge on any atom is 0.160 e. The number of aliphatic hydroxyl groups is 1. The van der Waals surface area contributed by atoms with Crippen molar-refractivity contribution in [2.24, 2.45) is 0 Å². The number of benzene rings is 1. The van der Waals surface area contributed by atoms with E-state index in [1.54, 1.807) is 14.2 Å². The molecular formula is C17H27NO3. The van der Waals surface area contributed by atoms with Gasteiger partial charge in [-0.1, -0.05) is 13.0 Å². The van der Waals surface area contributed by atoms with Crippen LogP contribution in [0.1, 0.15) is 38.2 Å². The van der Waals surface area contributed by atoms with Crippen LogP contribution in [0.3, 0.4) is 0 Å². The summed E-state index contributed by atoms with van der Waals surface area (Å²) in [5.41, 5.74) is 0.748. The molecule has 0 amide bonds. The summed E-state index contributed by atoms with van der Waals surface area (Å²) in [5, 5.41) is 13.7. The van der Waals surface area contributed by atoms with Gasteiger partial charge in [0.1, 0.15) is 0 Å². The Bertz CT molecular complexity index is 457. The lowest BCUT2D eigenvalue weighted by atomic mass is 9.80. The van der Waals surface area contributed by atoms with E-state index in [1.807, 2.05) is 12.1 Å². The van der Waals surface area contributed by atoms with Gasteiger partial charge in [0.05, 0.1) is 19.8 Å². The Kier molecular flexibility index (Phi) is 5.48. The van der Waals surface area contributed by atoms with Crippen LogP contribution in [0.4, 0.5) is 0 Å². The summed E-state index contributed by atoms with van der Waals surface area (Å²) in [4.78, 5) is 0. The van der Waals surface area contributed by atoms with Crippen LogP contribution in [-0.2, 0) is 6.42 Å². The molecule has 1 aromatic carbocycles. The molecule has 4 nitrogen and oxygen atoms in total. The van der Waals surface area contributed by atoms with Gasteiger partial charge < -0.3 is 19.9 Å². The summed E-state index contributed by atoms with van der Waals surface area (Å²) in [6, 6.07) is 6.42. The molecule has 0 heterocycles. The number of methoxy groups -OCH3 is 2. The number of hydrogen-bond donors (Lipinski definition) is 2. The second-order valence-electron chi connectivity index (χ2n) is 5.96. The maximum absolute atomic E-state index is 10.2. The zero-order valence-electron chi connectivity index (χ0n) is 13.3. The first-order chi connectivity index (χ1) is 10.1. The lowest BCUT2D eigenvalue weighted by Gasteiger charge is -2.38. The van der Waals surface area contributed by atoms with Crippen LogP contribution < -0.4 is 14.8 Å². The second kappa shape index (κ2) is 7.14. The molecule has 0 spiro atoms. The Morgan fingerprint density at radius 3 is 2.48 bits per heavy atom. The molecule has 0 saturated heterocycles. The summed E-state index contributed by atoms with van der Waals surface area (Å²) in [7, 11) is 3.30. The van der Waals surface area contributed by atoms with Crippen molar-refractivity contribution >= 4 is 0 Å².